The van der Waals surface area contributed by atoms with Gasteiger partial charge in [-0.1, -0.05) is 36.4 Å². The molecule has 1 N–H and O–H groups in total. The Morgan fingerprint density at radius 3 is 2.38 bits per heavy atom. The molecule has 21 heavy (non-hydrogen) atoms. The second kappa shape index (κ2) is 5.09. The number of hydrogen-bond donors (Lipinski definition) is 1. The van der Waals surface area contributed by atoms with E-state index in [2.05, 4.69) is 9.97 Å². The molecule has 1 aromatic heterocycles. The summed E-state index contributed by atoms with van der Waals surface area (Å²) in [6.07, 6.45) is -1.21. The van der Waals surface area contributed by atoms with Crippen molar-refractivity contribution >= 4 is 0 Å². The first kappa shape index (κ1) is 13.4. The molecule has 106 valence electrons. The molecule has 2 nitrogen and oxygen atoms in total. The second-order valence-electron chi connectivity index (χ2n) is 4.59. The van der Waals surface area contributed by atoms with E-state index in [1.54, 1.807) is 30.5 Å². The van der Waals surface area contributed by atoms with Crippen LogP contribution >= 0.6 is 0 Å². The lowest BCUT2D eigenvalue weighted by Crippen LogP contribution is -2.06. The fourth-order valence-corrected chi connectivity index (χ4v) is 2.25. The van der Waals surface area contributed by atoms with Gasteiger partial charge in [0.15, 0.2) is 0 Å². The van der Waals surface area contributed by atoms with Gasteiger partial charge >= 0.3 is 6.18 Å². The van der Waals surface area contributed by atoms with Crippen molar-refractivity contribution in [3.05, 3.63) is 66.6 Å². The number of H-pyrrole nitrogens is 1. The Hall–Kier alpha value is -2.56. The number of hydrogen-bond acceptors (Lipinski definition) is 1. The lowest BCUT2D eigenvalue weighted by atomic mass is 9.97. The van der Waals surface area contributed by atoms with Crippen molar-refractivity contribution in [3.63, 3.8) is 0 Å². The molecule has 2 aromatic carbocycles. The lowest BCUT2D eigenvalue weighted by molar-refractivity contribution is -0.137. The van der Waals surface area contributed by atoms with Gasteiger partial charge in [0.2, 0.25) is 0 Å². The molecule has 0 amide bonds. The Morgan fingerprint density at radius 2 is 1.67 bits per heavy atom. The van der Waals surface area contributed by atoms with Crippen LogP contribution in [0.3, 0.4) is 0 Å². The van der Waals surface area contributed by atoms with E-state index in [-0.39, 0.29) is 5.56 Å². The molecule has 0 unspecified atom stereocenters. The van der Waals surface area contributed by atoms with Crippen LogP contribution in [-0.2, 0) is 6.18 Å². The van der Waals surface area contributed by atoms with Gasteiger partial charge in [-0.25, -0.2) is 4.98 Å². The summed E-state index contributed by atoms with van der Waals surface area (Å²) in [7, 11) is 0. The van der Waals surface area contributed by atoms with Gasteiger partial charge in [0.1, 0.15) is 0 Å². The van der Waals surface area contributed by atoms with E-state index in [9.17, 15) is 13.2 Å². The molecule has 0 aliphatic carbocycles. The quantitative estimate of drug-likeness (QED) is 0.723. The normalized spacial score (nSPS) is 11.6. The first-order valence-corrected chi connectivity index (χ1v) is 6.31. The molecule has 0 bridgehead atoms. The summed E-state index contributed by atoms with van der Waals surface area (Å²) in [5.74, 6) is 0. The monoisotopic (exact) mass is 288 g/mol. The molecule has 3 aromatic rings. The molecule has 0 atom stereocenters. The van der Waals surface area contributed by atoms with Crippen LogP contribution in [0.1, 0.15) is 5.56 Å². The second-order valence-corrected chi connectivity index (χ2v) is 4.59. The maximum absolute atomic E-state index is 13.1. The number of nitrogens with zero attached hydrogens (tertiary/aromatic N) is 1. The number of benzene rings is 2. The van der Waals surface area contributed by atoms with E-state index in [4.69, 9.17) is 0 Å². The average Bonchev–Trinajstić information content (AvgIpc) is 3.01. The van der Waals surface area contributed by atoms with E-state index < -0.39 is 11.7 Å². The maximum atomic E-state index is 13.1. The first-order valence-electron chi connectivity index (χ1n) is 6.31. The van der Waals surface area contributed by atoms with Crippen LogP contribution in [0.25, 0.3) is 22.4 Å². The van der Waals surface area contributed by atoms with Gasteiger partial charge in [-0.2, -0.15) is 13.2 Å². The number of nitrogens with one attached hydrogen (secondary N) is 1. The Labute approximate surface area is 119 Å². The zero-order valence-corrected chi connectivity index (χ0v) is 10.9. The number of aromatic nitrogens is 2. The van der Waals surface area contributed by atoms with E-state index in [0.29, 0.717) is 5.56 Å². The van der Waals surface area contributed by atoms with Crippen LogP contribution < -0.4 is 0 Å². The third kappa shape index (κ3) is 2.67. The van der Waals surface area contributed by atoms with E-state index in [1.165, 1.54) is 18.5 Å². The molecule has 0 radical (unpaired) electrons. The van der Waals surface area contributed by atoms with Crippen LogP contribution in [-0.4, -0.2) is 9.97 Å². The van der Waals surface area contributed by atoms with Crippen molar-refractivity contribution in [1.29, 1.82) is 0 Å². The molecular weight excluding hydrogens is 277 g/mol. The number of aromatic amines is 1. The summed E-state index contributed by atoms with van der Waals surface area (Å²) in [6, 6.07) is 12.5. The van der Waals surface area contributed by atoms with Crippen LogP contribution in [0.2, 0.25) is 0 Å². The molecule has 1 heterocycles. The third-order valence-corrected chi connectivity index (χ3v) is 3.22. The van der Waals surface area contributed by atoms with Crippen LogP contribution in [0.4, 0.5) is 13.2 Å². The van der Waals surface area contributed by atoms with Crippen molar-refractivity contribution < 1.29 is 13.2 Å². The van der Waals surface area contributed by atoms with Crippen LogP contribution in [0.15, 0.2) is 61.1 Å². The fourth-order valence-electron chi connectivity index (χ4n) is 2.25. The largest absolute Gasteiger partial charge is 0.417 e. The molecule has 0 saturated carbocycles. The molecule has 0 aliphatic rings. The summed E-state index contributed by atoms with van der Waals surface area (Å²) in [6.45, 7) is 0. The van der Waals surface area contributed by atoms with E-state index >= 15 is 0 Å². The topological polar surface area (TPSA) is 28.7 Å². The summed E-state index contributed by atoms with van der Waals surface area (Å²) in [5.41, 5.74) is 1.62. The van der Waals surface area contributed by atoms with Gasteiger partial charge in [0.05, 0.1) is 23.8 Å². The molecule has 0 saturated heterocycles. The van der Waals surface area contributed by atoms with Crippen molar-refractivity contribution in [2.75, 3.05) is 0 Å². The summed E-state index contributed by atoms with van der Waals surface area (Å²) in [4.78, 5) is 6.87. The maximum Gasteiger partial charge on any atom is 0.417 e. The van der Waals surface area contributed by atoms with E-state index in [0.717, 1.165) is 17.3 Å². The number of rotatable bonds is 2. The molecular formula is C16H11F3N2. The predicted octanol–water partition coefficient (Wildman–Crippen LogP) is 4.76. The van der Waals surface area contributed by atoms with Gasteiger partial charge in [0, 0.05) is 5.56 Å². The molecule has 0 fully saturated rings. The molecule has 5 heteroatoms. The molecule has 0 spiro atoms. The highest BCUT2D eigenvalue weighted by Gasteiger charge is 2.33. The predicted molar refractivity (Wildman–Crippen MR) is 74.5 cm³/mol. The highest BCUT2D eigenvalue weighted by Crippen LogP contribution is 2.37. The Balaban J connectivity index is 2.12. The van der Waals surface area contributed by atoms with Crippen LogP contribution in [0, 0.1) is 0 Å². The van der Waals surface area contributed by atoms with Gasteiger partial charge in [-0.05, 0) is 23.3 Å². The summed E-state index contributed by atoms with van der Waals surface area (Å²) < 4.78 is 39.3. The summed E-state index contributed by atoms with van der Waals surface area (Å²) >= 11 is 0. The lowest BCUT2D eigenvalue weighted by Gasteiger charge is -2.13. The summed E-state index contributed by atoms with van der Waals surface area (Å²) in [5, 5.41) is 0. The third-order valence-electron chi connectivity index (χ3n) is 3.22. The Morgan fingerprint density at radius 1 is 0.905 bits per heavy atom. The first-order chi connectivity index (χ1) is 10.1. The number of halogens is 3. The highest BCUT2D eigenvalue weighted by molar-refractivity contribution is 5.73. The SMILES string of the molecule is FC(F)(F)c1ccccc1-c1cccc(-c2cnc[nH]2)c1. The number of alkyl halides is 3. The Bertz CT molecular complexity index is 746. The van der Waals surface area contributed by atoms with Gasteiger partial charge in [-0.15, -0.1) is 0 Å². The van der Waals surface area contributed by atoms with Crippen molar-refractivity contribution in [2.45, 2.75) is 6.18 Å². The van der Waals surface area contributed by atoms with Crippen molar-refractivity contribution in [1.82, 2.24) is 9.97 Å². The standard InChI is InChI=1S/C16H11F3N2/c17-16(18,19)14-7-2-1-6-13(14)11-4-3-5-12(8-11)15-9-20-10-21-15/h1-10H,(H,20,21). The van der Waals surface area contributed by atoms with E-state index in [1.807, 2.05) is 6.07 Å². The highest BCUT2D eigenvalue weighted by atomic mass is 19.4. The minimum atomic E-state index is -4.37. The zero-order chi connectivity index (χ0) is 14.9. The average molecular weight is 288 g/mol. The zero-order valence-electron chi connectivity index (χ0n) is 10.9. The van der Waals surface area contributed by atoms with Crippen LogP contribution in [0.5, 0.6) is 0 Å². The van der Waals surface area contributed by atoms with Crippen molar-refractivity contribution in [3.8, 4) is 22.4 Å². The smallest absolute Gasteiger partial charge is 0.345 e. The van der Waals surface area contributed by atoms with Crippen molar-refractivity contribution in [2.24, 2.45) is 0 Å². The minimum Gasteiger partial charge on any atom is -0.345 e. The number of imidazole rings is 1. The minimum absolute atomic E-state index is 0.173. The molecule has 3 rings (SSSR count). The van der Waals surface area contributed by atoms with Gasteiger partial charge in [-0.3, -0.25) is 0 Å². The van der Waals surface area contributed by atoms with Gasteiger partial charge in [0.25, 0.3) is 0 Å². The fraction of sp³-hybridized carbons (Fsp3) is 0.0625. The van der Waals surface area contributed by atoms with Gasteiger partial charge < -0.3 is 4.98 Å². The Kier molecular flexibility index (Phi) is 3.25. The molecule has 0 aliphatic heterocycles.